The van der Waals surface area contributed by atoms with Crippen LogP contribution < -0.4 is 5.32 Å². The molecule has 4 heteroatoms. The Morgan fingerprint density at radius 2 is 2.00 bits per heavy atom. The quantitative estimate of drug-likeness (QED) is 0.771. The van der Waals surface area contributed by atoms with E-state index in [1.54, 1.807) is 12.1 Å². The number of carbonyl (C=O) groups excluding carboxylic acids is 1. The molecule has 1 atom stereocenters. The summed E-state index contributed by atoms with van der Waals surface area (Å²) in [5, 5.41) is 2.99. The molecule has 0 aromatic heterocycles. The smallest absolute Gasteiger partial charge is 0.338 e. The lowest BCUT2D eigenvalue weighted by Gasteiger charge is -2.13. The van der Waals surface area contributed by atoms with Crippen LogP contribution in [0.4, 0.5) is 5.69 Å². The molecular formula is C13H19NO3. The highest BCUT2D eigenvalue weighted by molar-refractivity contribution is 5.89. The highest BCUT2D eigenvalue weighted by Gasteiger charge is 2.11. The van der Waals surface area contributed by atoms with Crippen molar-refractivity contribution in [2.45, 2.75) is 20.0 Å². The Labute approximate surface area is 102 Å². The van der Waals surface area contributed by atoms with Gasteiger partial charge in [0.1, 0.15) is 6.10 Å². The molecule has 0 aliphatic carbocycles. The molecule has 0 radical (unpaired) electrons. The number of rotatable bonds is 6. The van der Waals surface area contributed by atoms with Crippen LogP contribution in [0.3, 0.4) is 0 Å². The van der Waals surface area contributed by atoms with Gasteiger partial charge in [0.2, 0.25) is 0 Å². The molecule has 0 fully saturated rings. The summed E-state index contributed by atoms with van der Waals surface area (Å²) >= 11 is 0. The lowest BCUT2D eigenvalue weighted by atomic mass is 10.2. The van der Waals surface area contributed by atoms with Crippen molar-refractivity contribution in [2.24, 2.45) is 0 Å². The molecule has 4 nitrogen and oxygen atoms in total. The van der Waals surface area contributed by atoms with Gasteiger partial charge < -0.3 is 14.8 Å². The normalized spacial score (nSPS) is 11.9. The van der Waals surface area contributed by atoms with E-state index >= 15 is 0 Å². The number of hydrogen-bond acceptors (Lipinski definition) is 4. The fraction of sp³-hybridized carbons (Fsp3) is 0.462. The number of hydrogen-bond donors (Lipinski definition) is 1. The lowest BCUT2D eigenvalue weighted by molar-refractivity contribution is 0.00440. The highest BCUT2D eigenvalue weighted by Crippen LogP contribution is 2.10. The van der Waals surface area contributed by atoms with Crippen LogP contribution in [0.5, 0.6) is 0 Å². The predicted molar refractivity (Wildman–Crippen MR) is 67.4 cm³/mol. The van der Waals surface area contributed by atoms with Gasteiger partial charge in [-0.2, -0.15) is 0 Å². The minimum Gasteiger partial charge on any atom is -0.457 e. The van der Waals surface area contributed by atoms with Crippen LogP contribution in [-0.4, -0.2) is 32.3 Å². The molecule has 17 heavy (non-hydrogen) atoms. The maximum absolute atomic E-state index is 11.7. The van der Waals surface area contributed by atoms with E-state index in [4.69, 9.17) is 9.47 Å². The van der Waals surface area contributed by atoms with E-state index in [1.807, 2.05) is 33.0 Å². The van der Waals surface area contributed by atoms with Gasteiger partial charge in [-0.3, -0.25) is 0 Å². The van der Waals surface area contributed by atoms with Gasteiger partial charge in [-0.25, -0.2) is 4.79 Å². The second-order valence-corrected chi connectivity index (χ2v) is 3.70. The van der Waals surface area contributed by atoms with Crippen LogP contribution in [0, 0.1) is 0 Å². The standard InChI is InChI=1S/C13H19NO3/c1-4-16-9-10(2)17-13(15)11-5-7-12(14-3)8-6-11/h5-8,10,14H,4,9H2,1-3H3. The molecule has 1 aromatic carbocycles. The number of esters is 1. The highest BCUT2D eigenvalue weighted by atomic mass is 16.6. The van der Waals surface area contributed by atoms with Gasteiger partial charge in [0, 0.05) is 19.3 Å². The molecule has 1 rings (SSSR count). The van der Waals surface area contributed by atoms with Gasteiger partial charge in [0.15, 0.2) is 0 Å². The number of ether oxygens (including phenoxy) is 2. The molecule has 1 N–H and O–H groups in total. The van der Waals surface area contributed by atoms with Gasteiger partial charge in [0.05, 0.1) is 12.2 Å². The van der Waals surface area contributed by atoms with E-state index in [0.717, 1.165) is 5.69 Å². The zero-order valence-corrected chi connectivity index (χ0v) is 10.5. The Morgan fingerprint density at radius 1 is 1.35 bits per heavy atom. The molecule has 0 bridgehead atoms. The third-order valence-electron chi connectivity index (χ3n) is 2.27. The first-order valence-electron chi connectivity index (χ1n) is 5.74. The van der Waals surface area contributed by atoms with Crippen LogP contribution in [0.15, 0.2) is 24.3 Å². The maximum Gasteiger partial charge on any atom is 0.338 e. The fourth-order valence-corrected chi connectivity index (χ4v) is 1.34. The number of benzene rings is 1. The Morgan fingerprint density at radius 3 is 2.53 bits per heavy atom. The number of nitrogens with one attached hydrogen (secondary N) is 1. The van der Waals surface area contributed by atoms with Crippen molar-refractivity contribution in [3.63, 3.8) is 0 Å². The molecule has 0 heterocycles. The molecule has 0 amide bonds. The Bertz CT molecular complexity index is 348. The molecule has 0 spiro atoms. The summed E-state index contributed by atoms with van der Waals surface area (Å²) in [4.78, 5) is 11.7. The number of carbonyl (C=O) groups is 1. The summed E-state index contributed by atoms with van der Waals surface area (Å²) in [6, 6.07) is 7.15. The topological polar surface area (TPSA) is 47.6 Å². The fourth-order valence-electron chi connectivity index (χ4n) is 1.34. The second kappa shape index (κ2) is 6.91. The average molecular weight is 237 g/mol. The molecular weight excluding hydrogens is 218 g/mol. The lowest BCUT2D eigenvalue weighted by Crippen LogP contribution is -2.20. The summed E-state index contributed by atoms with van der Waals surface area (Å²) < 4.78 is 10.4. The first-order valence-corrected chi connectivity index (χ1v) is 5.74. The van der Waals surface area contributed by atoms with Crippen molar-refractivity contribution in [3.05, 3.63) is 29.8 Å². The van der Waals surface area contributed by atoms with E-state index in [0.29, 0.717) is 18.8 Å². The van der Waals surface area contributed by atoms with Crippen molar-refractivity contribution in [3.8, 4) is 0 Å². The summed E-state index contributed by atoms with van der Waals surface area (Å²) in [5.41, 5.74) is 1.51. The first-order chi connectivity index (χ1) is 8.17. The van der Waals surface area contributed by atoms with E-state index in [-0.39, 0.29) is 12.1 Å². The van der Waals surface area contributed by atoms with Crippen LogP contribution in [0.1, 0.15) is 24.2 Å². The second-order valence-electron chi connectivity index (χ2n) is 3.70. The third kappa shape index (κ3) is 4.44. The summed E-state index contributed by atoms with van der Waals surface area (Å²) in [5.74, 6) is -0.320. The first kappa shape index (κ1) is 13.5. The zero-order chi connectivity index (χ0) is 12.7. The van der Waals surface area contributed by atoms with Gasteiger partial charge in [-0.1, -0.05) is 0 Å². The van der Waals surface area contributed by atoms with Crippen molar-refractivity contribution < 1.29 is 14.3 Å². The summed E-state index contributed by atoms with van der Waals surface area (Å²) in [7, 11) is 1.83. The van der Waals surface area contributed by atoms with Crippen LogP contribution in [0.25, 0.3) is 0 Å². The molecule has 1 unspecified atom stereocenters. The molecule has 94 valence electrons. The minimum absolute atomic E-state index is 0.230. The van der Waals surface area contributed by atoms with E-state index < -0.39 is 0 Å². The van der Waals surface area contributed by atoms with E-state index in [2.05, 4.69) is 5.32 Å². The van der Waals surface area contributed by atoms with E-state index in [1.165, 1.54) is 0 Å². The molecule has 0 aliphatic heterocycles. The molecule has 0 aliphatic rings. The Kier molecular flexibility index (Phi) is 5.49. The van der Waals surface area contributed by atoms with Gasteiger partial charge in [0.25, 0.3) is 0 Å². The van der Waals surface area contributed by atoms with Crippen molar-refractivity contribution >= 4 is 11.7 Å². The van der Waals surface area contributed by atoms with Crippen LogP contribution in [0.2, 0.25) is 0 Å². The summed E-state index contributed by atoms with van der Waals surface area (Å²) in [6.07, 6.45) is -0.230. The van der Waals surface area contributed by atoms with E-state index in [9.17, 15) is 4.79 Å². The van der Waals surface area contributed by atoms with Crippen molar-refractivity contribution in [1.29, 1.82) is 0 Å². The van der Waals surface area contributed by atoms with Crippen LogP contribution >= 0.6 is 0 Å². The Balaban J connectivity index is 2.51. The molecule has 0 saturated heterocycles. The minimum atomic E-state index is -0.320. The van der Waals surface area contributed by atoms with Gasteiger partial charge in [-0.15, -0.1) is 0 Å². The van der Waals surface area contributed by atoms with Gasteiger partial charge >= 0.3 is 5.97 Å². The molecule has 0 saturated carbocycles. The summed E-state index contributed by atoms with van der Waals surface area (Å²) in [6.45, 7) is 4.77. The SMILES string of the molecule is CCOCC(C)OC(=O)c1ccc(NC)cc1. The molecule has 1 aromatic rings. The zero-order valence-electron chi connectivity index (χ0n) is 10.5. The largest absolute Gasteiger partial charge is 0.457 e. The third-order valence-corrected chi connectivity index (χ3v) is 2.27. The van der Waals surface area contributed by atoms with Gasteiger partial charge in [-0.05, 0) is 38.1 Å². The Hall–Kier alpha value is -1.55. The van der Waals surface area contributed by atoms with Crippen molar-refractivity contribution in [2.75, 3.05) is 25.6 Å². The predicted octanol–water partition coefficient (Wildman–Crippen LogP) is 2.31. The maximum atomic E-state index is 11.7. The number of anilines is 1. The van der Waals surface area contributed by atoms with Crippen molar-refractivity contribution in [1.82, 2.24) is 0 Å². The monoisotopic (exact) mass is 237 g/mol. The van der Waals surface area contributed by atoms with Crippen LogP contribution in [-0.2, 0) is 9.47 Å². The average Bonchev–Trinajstić information content (AvgIpc) is 2.36.